The van der Waals surface area contributed by atoms with Crippen molar-refractivity contribution in [2.45, 2.75) is 5.88 Å². The summed E-state index contributed by atoms with van der Waals surface area (Å²) in [5.74, 6) is 0.566. The summed E-state index contributed by atoms with van der Waals surface area (Å²) in [5.41, 5.74) is 1.19. The first kappa shape index (κ1) is 9.97. The number of fused-ring (bicyclic) bond motifs is 1. The Balaban J connectivity index is 2.84. The summed E-state index contributed by atoms with van der Waals surface area (Å²) in [6.45, 7) is 0. The molecule has 1 aromatic carbocycles. The molecule has 0 fully saturated rings. The van der Waals surface area contributed by atoms with Crippen LogP contribution in [-0.2, 0) is 5.88 Å². The lowest BCUT2D eigenvalue weighted by molar-refractivity contribution is 1.47. The summed E-state index contributed by atoms with van der Waals surface area (Å²) < 4.78 is 3.51. The Morgan fingerprint density at radius 1 is 1.31 bits per heavy atom. The van der Waals surface area contributed by atoms with Gasteiger partial charge in [-0.15, -0.1) is 22.9 Å². The van der Waals surface area contributed by atoms with Gasteiger partial charge < -0.3 is 0 Å². The summed E-state index contributed by atoms with van der Waals surface area (Å²) in [6.07, 6.45) is 0. The molecule has 4 heteroatoms. The molecular formula is C9H5Br2ClS. The molecule has 0 aliphatic rings. The molecule has 0 radical (unpaired) electrons. The lowest BCUT2D eigenvalue weighted by Crippen LogP contribution is -1.75. The van der Waals surface area contributed by atoms with Crippen molar-refractivity contribution in [2.24, 2.45) is 0 Å². The third kappa shape index (κ3) is 1.67. The highest BCUT2D eigenvalue weighted by atomic mass is 79.9. The second kappa shape index (κ2) is 3.89. The van der Waals surface area contributed by atoms with Crippen molar-refractivity contribution >= 4 is 64.9 Å². The van der Waals surface area contributed by atoms with Gasteiger partial charge in [0.1, 0.15) is 0 Å². The van der Waals surface area contributed by atoms with E-state index in [1.54, 1.807) is 11.3 Å². The molecule has 0 atom stereocenters. The van der Waals surface area contributed by atoms with Gasteiger partial charge in [0.15, 0.2) is 0 Å². The molecule has 0 amide bonds. The SMILES string of the molecule is ClCc1cccc2c(Br)c(Br)sc12. The van der Waals surface area contributed by atoms with Crippen molar-refractivity contribution < 1.29 is 0 Å². The minimum atomic E-state index is 0.566. The first-order valence-electron chi connectivity index (χ1n) is 3.65. The van der Waals surface area contributed by atoms with Gasteiger partial charge in [-0.05, 0) is 37.4 Å². The van der Waals surface area contributed by atoms with E-state index in [-0.39, 0.29) is 0 Å². The van der Waals surface area contributed by atoms with Gasteiger partial charge >= 0.3 is 0 Å². The van der Waals surface area contributed by atoms with Crippen molar-refractivity contribution in [1.29, 1.82) is 0 Å². The molecule has 0 spiro atoms. The third-order valence-electron chi connectivity index (χ3n) is 1.84. The quantitative estimate of drug-likeness (QED) is 0.629. The molecule has 0 N–H and O–H groups in total. The maximum Gasteiger partial charge on any atom is 0.0853 e. The van der Waals surface area contributed by atoms with E-state index in [1.807, 2.05) is 6.07 Å². The largest absolute Gasteiger partial charge is 0.127 e. The van der Waals surface area contributed by atoms with E-state index in [0.717, 1.165) is 8.26 Å². The minimum absolute atomic E-state index is 0.566. The normalized spacial score (nSPS) is 11.0. The fourth-order valence-electron chi connectivity index (χ4n) is 1.22. The van der Waals surface area contributed by atoms with Crippen LogP contribution in [0, 0.1) is 0 Å². The van der Waals surface area contributed by atoms with Crippen LogP contribution in [0.5, 0.6) is 0 Å². The number of halogens is 3. The molecule has 68 valence electrons. The van der Waals surface area contributed by atoms with Crippen molar-refractivity contribution in [3.8, 4) is 0 Å². The molecule has 0 saturated carbocycles. The van der Waals surface area contributed by atoms with Crippen LogP contribution in [0.2, 0.25) is 0 Å². The topological polar surface area (TPSA) is 0 Å². The summed E-state index contributed by atoms with van der Waals surface area (Å²) in [4.78, 5) is 0. The lowest BCUT2D eigenvalue weighted by atomic mass is 10.2. The van der Waals surface area contributed by atoms with Gasteiger partial charge in [-0.1, -0.05) is 18.2 Å². The van der Waals surface area contributed by atoms with E-state index in [0.29, 0.717) is 5.88 Å². The Labute approximate surface area is 102 Å². The molecule has 0 nitrogen and oxygen atoms in total. The average molecular weight is 340 g/mol. The van der Waals surface area contributed by atoms with Crippen molar-refractivity contribution in [1.82, 2.24) is 0 Å². The summed E-state index contributed by atoms with van der Waals surface area (Å²) in [7, 11) is 0. The fraction of sp³-hybridized carbons (Fsp3) is 0.111. The summed E-state index contributed by atoms with van der Waals surface area (Å²) in [6, 6.07) is 6.19. The summed E-state index contributed by atoms with van der Waals surface area (Å²) >= 11 is 14.6. The van der Waals surface area contributed by atoms with Crippen LogP contribution >= 0.6 is 54.8 Å². The molecule has 0 saturated heterocycles. The van der Waals surface area contributed by atoms with E-state index in [9.17, 15) is 0 Å². The Morgan fingerprint density at radius 2 is 2.08 bits per heavy atom. The second-order valence-electron chi connectivity index (χ2n) is 2.62. The number of rotatable bonds is 1. The maximum atomic E-state index is 5.84. The number of hydrogen-bond donors (Lipinski definition) is 0. The Bertz CT molecular complexity index is 450. The molecule has 1 aromatic heterocycles. The van der Waals surface area contributed by atoms with Crippen LogP contribution < -0.4 is 0 Å². The Hall–Kier alpha value is 0.430. The van der Waals surface area contributed by atoms with Crippen molar-refractivity contribution in [2.75, 3.05) is 0 Å². The smallest absolute Gasteiger partial charge is 0.0853 e. The first-order chi connectivity index (χ1) is 6.24. The number of alkyl halides is 1. The van der Waals surface area contributed by atoms with E-state index >= 15 is 0 Å². The Kier molecular flexibility index (Phi) is 2.98. The molecule has 0 bridgehead atoms. The zero-order valence-electron chi connectivity index (χ0n) is 6.48. The zero-order chi connectivity index (χ0) is 9.42. The van der Waals surface area contributed by atoms with Gasteiger partial charge in [-0.25, -0.2) is 0 Å². The average Bonchev–Trinajstić information content (AvgIpc) is 2.43. The van der Waals surface area contributed by atoms with Crippen LogP contribution in [0.15, 0.2) is 26.5 Å². The van der Waals surface area contributed by atoms with Crippen molar-refractivity contribution in [3.05, 3.63) is 32.0 Å². The van der Waals surface area contributed by atoms with Crippen LogP contribution in [0.3, 0.4) is 0 Å². The lowest BCUT2D eigenvalue weighted by Gasteiger charge is -1.96. The second-order valence-corrected chi connectivity index (χ2v) is 6.02. The standard InChI is InChI=1S/C9H5Br2ClS/c10-7-6-3-1-2-5(4-12)8(6)13-9(7)11/h1-3H,4H2. The van der Waals surface area contributed by atoms with Crippen molar-refractivity contribution in [3.63, 3.8) is 0 Å². The van der Waals surface area contributed by atoms with Gasteiger partial charge in [0, 0.05) is 16.0 Å². The minimum Gasteiger partial charge on any atom is -0.127 e. The van der Waals surface area contributed by atoms with Crippen LogP contribution in [-0.4, -0.2) is 0 Å². The van der Waals surface area contributed by atoms with E-state index < -0.39 is 0 Å². The molecule has 1 heterocycles. The first-order valence-corrected chi connectivity index (χ1v) is 6.59. The molecule has 0 aliphatic heterocycles. The Morgan fingerprint density at radius 3 is 2.77 bits per heavy atom. The molecular weight excluding hydrogens is 335 g/mol. The monoisotopic (exact) mass is 338 g/mol. The zero-order valence-corrected chi connectivity index (χ0v) is 11.2. The molecule has 0 unspecified atom stereocenters. The predicted octanol–water partition coefficient (Wildman–Crippen LogP) is 5.17. The molecule has 2 rings (SSSR count). The van der Waals surface area contributed by atoms with E-state index in [2.05, 4.69) is 44.0 Å². The van der Waals surface area contributed by atoms with E-state index in [1.165, 1.54) is 15.6 Å². The maximum absolute atomic E-state index is 5.84. The third-order valence-corrected chi connectivity index (χ3v) is 5.70. The van der Waals surface area contributed by atoms with Crippen LogP contribution in [0.4, 0.5) is 0 Å². The van der Waals surface area contributed by atoms with E-state index in [4.69, 9.17) is 11.6 Å². The molecule has 13 heavy (non-hydrogen) atoms. The fourth-order valence-corrected chi connectivity index (χ4v) is 3.86. The van der Waals surface area contributed by atoms with Gasteiger partial charge in [0.05, 0.1) is 8.26 Å². The number of thiophene rings is 1. The number of hydrogen-bond acceptors (Lipinski definition) is 1. The van der Waals surface area contributed by atoms with Crippen LogP contribution in [0.1, 0.15) is 5.56 Å². The summed E-state index contributed by atoms with van der Waals surface area (Å²) in [5, 5.41) is 1.23. The highest BCUT2D eigenvalue weighted by molar-refractivity contribution is 9.13. The van der Waals surface area contributed by atoms with Crippen LogP contribution in [0.25, 0.3) is 10.1 Å². The predicted molar refractivity (Wildman–Crippen MR) is 66.8 cm³/mol. The van der Waals surface area contributed by atoms with Gasteiger partial charge in [0.25, 0.3) is 0 Å². The highest BCUT2D eigenvalue weighted by Crippen LogP contribution is 2.40. The van der Waals surface area contributed by atoms with Gasteiger partial charge in [0.2, 0.25) is 0 Å². The number of benzene rings is 1. The molecule has 0 aliphatic carbocycles. The van der Waals surface area contributed by atoms with Gasteiger partial charge in [-0.3, -0.25) is 0 Å². The molecule has 2 aromatic rings. The highest BCUT2D eigenvalue weighted by Gasteiger charge is 2.09. The van der Waals surface area contributed by atoms with Gasteiger partial charge in [-0.2, -0.15) is 0 Å².